The van der Waals surface area contributed by atoms with Gasteiger partial charge in [-0.2, -0.15) is 0 Å². The summed E-state index contributed by atoms with van der Waals surface area (Å²) < 4.78 is 0. The molecule has 4 aromatic rings. The Balaban J connectivity index is 2.08. The first-order valence-corrected chi connectivity index (χ1v) is 9.84. The SMILES string of the molecule is CCCC(c1ccc2c3ccccc3c3ccccc3c2c1)C(C)(C)C. The lowest BCUT2D eigenvalue weighted by Crippen LogP contribution is -2.18. The van der Waals surface area contributed by atoms with Crippen molar-refractivity contribution < 1.29 is 0 Å². The molecule has 1 atom stereocenters. The van der Waals surface area contributed by atoms with E-state index in [0.717, 1.165) is 0 Å². The van der Waals surface area contributed by atoms with Gasteiger partial charge in [-0.3, -0.25) is 0 Å². The number of fused-ring (bicyclic) bond motifs is 6. The highest BCUT2D eigenvalue weighted by molar-refractivity contribution is 6.25. The van der Waals surface area contributed by atoms with Gasteiger partial charge in [-0.1, -0.05) is 101 Å². The smallest absolute Gasteiger partial charge is 0.00961 e. The van der Waals surface area contributed by atoms with Gasteiger partial charge >= 0.3 is 0 Å². The number of hydrogen-bond acceptors (Lipinski definition) is 0. The summed E-state index contributed by atoms with van der Waals surface area (Å²) in [6.07, 6.45) is 2.46. The molecule has 1 unspecified atom stereocenters. The van der Waals surface area contributed by atoms with E-state index in [1.165, 1.54) is 50.7 Å². The lowest BCUT2D eigenvalue weighted by molar-refractivity contribution is 0.303. The van der Waals surface area contributed by atoms with Gasteiger partial charge in [0.05, 0.1) is 0 Å². The summed E-state index contributed by atoms with van der Waals surface area (Å²) in [5.74, 6) is 0.585. The van der Waals surface area contributed by atoms with Gasteiger partial charge in [0.15, 0.2) is 0 Å². The van der Waals surface area contributed by atoms with E-state index >= 15 is 0 Å². The molecule has 0 aromatic heterocycles. The number of benzene rings is 4. The van der Waals surface area contributed by atoms with Crippen LogP contribution in [0.5, 0.6) is 0 Å². The summed E-state index contributed by atoms with van der Waals surface area (Å²) >= 11 is 0. The molecule has 0 amide bonds. The van der Waals surface area contributed by atoms with Gasteiger partial charge in [0, 0.05) is 0 Å². The molecular formula is C26H28. The van der Waals surface area contributed by atoms with Crippen molar-refractivity contribution in [1.82, 2.24) is 0 Å². The predicted octanol–water partition coefficient (Wildman–Crippen LogP) is 8.08. The van der Waals surface area contributed by atoms with Crippen LogP contribution in [-0.4, -0.2) is 0 Å². The fourth-order valence-electron chi connectivity index (χ4n) is 4.53. The molecule has 0 bridgehead atoms. The lowest BCUT2D eigenvalue weighted by Gasteiger charge is -2.31. The van der Waals surface area contributed by atoms with Gasteiger partial charge in [0.2, 0.25) is 0 Å². The van der Waals surface area contributed by atoms with Crippen molar-refractivity contribution in [3.05, 3.63) is 72.3 Å². The van der Waals surface area contributed by atoms with E-state index in [4.69, 9.17) is 0 Å². The first-order chi connectivity index (χ1) is 12.5. The van der Waals surface area contributed by atoms with Crippen LogP contribution in [0.15, 0.2) is 66.7 Å². The minimum Gasteiger partial charge on any atom is -0.0654 e. The van der Waals surface area contributed by atoms with Crippen molar-refractivity contribution in [2.75, 3.05) is 0 Å². The normalized spacial score (nSPS) is 13.5. The monoisotopic (exact) mass is 340 g/mol. The molecule has 0 saturated heterocycles. The molecule has 4 aromatic carbocycles. The molecule has 0 aliphatic heterocycles. The summed E-state index contributed by atoms with van der Waals surface area (Å²) in [6.45, 7) is 9.41. The zero-order valence-corrected chi connectivity index (χ0v) is 16.3. The largest absolute Gasteiger partial charge is 0.0654 e. The van der Waals surface area contributed by atoms with Crippen molar-refractivity contribution in [2.45, 2.75) is 46.5 Å². The molecule has 0 aliphatic carbocycles. The fraction of sp³-hybridized carbons (Fsp3) is 0.308. The summed E-state index contributed by atoms with van der Waals surface area (Å²) in [4.78, 5) is 0. The first-order valence-electron chi connectivity index (χ1n) is 9.84. The Morgan fingerprint density at radius 3 is 1.58 bits per heavy atom. The van der Waals surface area contributed by atoms with Crippen molar-refractivity contribution in [3.8, 4) is 0 Å². The van der Waals surface area contributed by atoms with Crippen molar-refractivity contribution >= 4 is 32.3 Å². The van der Waals surface area contributed by atoms with Crippen molar-refractivity contribution in [3.63, 3.8) is 0 Å². The topological polar surface area (TPSA) is 0 Å². The van der Waals surface area contributed by atoms with E-state index in [2.05, 4.69) is 94.4 Å². The number of rotatable bonds is 3. The van der Waals surface area contributed by atoms with Gasteiger partial charge in [-0.05, 0) is 55.6 Å². The third kappa shape index (κ3) is 2.78. The molecule has 0 fully saturated rings. The maximum atomic E-state index is 2.47. The summed E-state index contributed by atoms with van der Waals surface area (Å²) in [7, 11) is 0. The molecule has 4 rings (SSSR count). The molecule has 0 aliphatic rings. The summed E-state index contributed by atoms with van der Waals surface area (Å²) in [6, 6.07) is 24.9. The van der Waals surface area contributed by atoms with Crippen molar-refractivity contribution in [2.24, 2.45) is 5.41 Å². The molecule has 0 heterocycles. The van der Waals surface area contributed by atoms with Crippen LogP contribution in [0.4, 0.5) is 0 Å². The number of hydrogen-bond donors (Lipinski definition) is 0. The van der Waals surface area contributed by atoms with E-state index in [9.17, 15) is 0 Å². The van der Waals surface area contributed by atoms with E-state index in [0.29, 0.717) is 5.92 Å². The van der Waals surface area contributed by atoms with Crippen LogP contribution in [0.1, 0.15) is 52.0 Å². The standard InChI is InChI=1S/C26H28/c1-5-10-25(26(2,3)4)18-15-16-23-21-13-7-6-11-19(21)20-12-8-9-14-22(20)24(23)17-18/h6-9,11-17,25H,5,10H2,1-4H3. The minimum atomic E-state index is 0.274. The highest BCUT2D eigenvalue weighted by Gasteiger charge is 2.25. The van der Waals surface area contributed by atoms with E-state index in [-0.39, 0.29) is 5.41 Å². The molecule has 0 heteroatoms. The Bertz CT molecular complexity index is 1040. The maximum Gasteiger partial charge on any atom is -0.00961 e. The predicted molar refractivity (Wildman–Crippen MR) is 116 cm³/mol. The Kier molecular flexibility index (Phi) is 4.23. The van der Waals surface area contributed by atoms with Crippen LogP contribution in [0.3, 0.4) is 0 Å². The molecule has 0 N–H and O–H groups in total. The van der Waals surface area contributed by atoms with Gasteiger partial charge in [0.1, 0.15) is 0 Å². The highest BCUT2D eigenvalue weighted by atomic mass is 14.3. The van der Waals surface area contributed by atoms with E-state index in [1.54, 1.807) is 0 Å². The van der Waals surface area contributed by atoms with Crippen LogP contribution >= 0.6 is 0 Å². The van der Waals surface area contributed by atoms with Crippen molar-refractivity contribution in [1.29, 1.82) is 0 Å². The van der Waals surface area contributed by atoms with Crippen LogP contribution in [0.2, 0.25) is 0 Å². The summed E-state index contributed by atoms with van der Waals surface area (Å²) in [5, 5.41) is 8.19. The van der Waals surface area contributed by atoms with E-state index in [1.807, 2.05) is 0 Å². The zero-order chi connectivity index (χ0) is 18.3. The lowest BCUT2D eigenvalue weighted by atomic mass is 9.73. The second-order valence-corrected chi connectivity index (χ2v) is 8.60. The molecule has 0 nitrogen and oxygen atoms in total. The Hall–Kier alpha value is -2.34. The summed E-state index contributed by atoms with van der Waals surface area (Å²) in [5.41, 5.74) is 1.75. The van der Waals surface area contributed by atoms with Crippen LogP contribution in [0, 0.1) is 5.41 Å². The first kappa shape index (κ1) is 17.1. The Morgan fingerprint density at radius 1 is 0.654 bits per heavy atom. The molecular weight excluding hydrogens is 312 g/mol. The van der Waals surface area contributed by atoms with Gasteiger partial charge in [0.25, 0.3) is 0 Å². The molecule has 132 valence electrons. The average molecular weight is 341 g/mol. The second kappa shape index (κ2) is 6.43. The Morgan fingerprint density at radius 2 is 1.12 bits per heavy atom. The minimum absolute atomic E-state index is 0.274. The zero-order valence-electron chi connectivity index (χ0n) is 16.3. The van der Waals surface area contributed by atoms with Crippen LogP contribution in [-0.2, 0) is 0 Å². The molecule has 0 spiro atoms. The average Bonchev–Trinajstić information content (AvgIpc) is 2.65. The van der Waals surface area contributed by atoms with Gasteiger partial charge in [-0.15, -0.1) is 0 Å². The van der Waals surface area contributed by atoms with Gasteiger partial charge in [-0.25, -0.2) is 0 Å². The molecule has 0 radical (unpaired) electrons. The van der Waals surface area contributed by atoms with E-state index < -0.39 is 0 Å². The third-order valence-electron chi connectivity index (χ3n) is 5.79. The second-order valence-electron chi connectivity index (χ2n) is 8.60. The molecule has 0 saturated carbocycles. The Labute approximate surface area is 156 Å². The quantitative estimate of drug-likeness (QED) is 0.331. The third-order valence-corrected chi connectivity index (χ3v) is 5.79. The van der Waals surface area contributed by atoms with Gasteiger partial charge < -0.3 is 0 Å². The maximum absolute atomic E-state index is 2.47. The van der Waals surface area contributed by atoms with Crippen LogP contribution in [0.25, 0.3) is 32.3 Å². The van der Waals surface area contributed by atoms with Crippen LogP contribution < -0.4 is 0 Å². The fourth-order valence-corrected chi connectivity index (χ4v) is 4.53. The highest BCUT2D eigenvalue weighted by Crippen LogP contribution is 2.42. The molecule has 26 heavy (non-hydrogen) atoms.